The van der Waals surface area contributed by atoms with Crippen molar-refractivity contribution < 1.29 is 29.6 Å². The number of aryl methyl sites for hydroxylation is 13. The lowest BCUT2D eigenvalue weighted by Crippen LogP contribution is -2.14. The van der Waals surface area contributed by atoms with Crippen LogP contribution in [0.1, 0.15) is 201 Å². The van der Waals surface area contributed by atoms with Crippen LogP contribution in [0.4, 0.5) is 11.4 Å². The van der Waals surface area contributed by atoms with Crippen LogP contribution in [0.15, 0.2) is 170 Å². The molecule has 0 fully saturated rings. The van der Waals surface area contributed by atoms with Crippen LogP contribution in [0.25, 0.3) is 49.4 Å². The van der Waals surface area contributed by atoms with Crippen molar-refractivity contribution in [2.24, 2.45) is 51.9 Å². The van der Waals surface area contributed by atoms with Gasteiger partial charge in [-0.05, 0) is 243 Å². The number of fused-ring (bicyclic) bond motifs is 12. The van der Waals surface area contributed by atoms with Gasteiger partial charge >= 0.3 is 0 Å². The van der Waals surface area contributed by atoms with Gasteiger partial charge in [0.25, 0.3) is 5.69 Å². The van der Waals surface area contributed by atoms with Gasteiger partial charge < -0.3 is 19.2 Å². The van der Waals surface area contributed by atoms with Crippen LogP contribution in [0.3, 0.4) is 0 Å². The van der Waals surface area contributed by atoms with Crippen molar-refractivity contribution >= 4 is 48.0 Å². The maximum absolute atomic E-state index is 11.9. The fraction of sp³-hybridized carbons (Fsp3) is 0.351. The Morgan fingerprint density at radius 3 is 0.913 bits per heavy atom. The molecule has 588 valence electrons. The minimum absolute atomic E-state index is 0.00875. The molecule has 0 aliphatic heterocycles. The molecule has 12 aromatic rings. The van der Waals surface area contributed by atoms with Gasteiger partial charge in [0, 0.05) is 119 Å². The maximum Gasteiger partial charge on any atom is 0.269 e. The van der Waals surface area contributed by atoms with E-state index in [1.165, 1.54) is 84.0 Å². The van der Waals surface area contributed by atoms with Crippen molar-refractivity contribution in [3.63, 3.8) is 0 Å². The standard InChI is InChI=1S/C24H24N4O.C24H27N3O.C23H24ClN3O.C23H24N4O3/c1-16-7-9-20-21-10-8-18(25-2)14-23(21)24(22(20)13-16)17(11-12-29)5-4-6-19-15-28(3)27-26-19;1-16-7-9-20-21-10-8-17(2)14-23(21)24(22(20)13-16)18(11-12-28)5-4-6-19-15-27(3)26-25-19;1-15-6-8-19-20-9-7-17(24)13-22(20)23(21(19)12-15)16(10-11-28)4-3-5-18-14-27(2)26-25-18;1-15-6-8-19-20-9-7-18(27(29)30)13-22(20)23(21(19)12-15)16(10-11-28)4-3-5-17-14-26(2)25-24-17/h7-10,12-15,17,24H,4-6,11H2,1,3H3;7-10,12-15,18,24H,4-6,11H2,1-3H3;6-9,11-14,16,23H,3-5,10H2,1-2H3;6-9,11-14,16,23H,3-5,10H2,1-2H3/i2*12D;2*11D. The van der Waals surface area contributed by atoms with Crippen molar-refractivity contribution in [2.75, 3.05) is 0 Å². The van der Waals surface area contributed by atoms with Crippen molar-refractivity contribution in [3.05, 3.63) is 292 Å². The molecular formula is C94H99ClN14O6. The molecule has 4 heterocycles. The van der Waals surface area contributed by atoms with E-state index in [0.29, 0.717) is 17.1 Å². The molecule has 4 aliphatic carbocycles. The summed E-state index contributed by atoms with van der Waals surface area (Å²) in [5, 5.41) is 44.7. The number of hydrogen-bond donors (Lipinski definition) is 0. The molecule has 0 saturated heterocycles. The van der Waals surface area contributed by atoms with Crippen LogP contribution in [-0.2, 0) is 73.1 Å². The Morgan fingerprint density at radius 1 is 0.400 bits per heavy atom. The highest BCUT2D eigenvalue weighted by atomic mass is 35.5. The minimum atomic E-state index is -0.613. The normalized spacial score (nSPS) is 15.7. The number of benzene rings is 8. The van der Waals surface area contributed by atoms with Gasteiger partial charge in [-0.15, -0.1) is 20.4 Å². The summed E-state index contributed by atoms with van der Waals surface area (Å²) in [6, 6.07) is 49.2. The van der Waals surface area contributed by atoms with Gasteiger partial charge in [-0.25, -0.2) is 4.85 Å². The van der Waals surface area contributed by atoms with Crippen LogP contribution in [-0.4, -0.2) is 89.9 Å². The average molecular weight is 1560 g/mol. The zero-order chi connectivity index (χ0) is 84.5. The molecule has 0 spiro atoms. The number of nitro groups is 1. The Morgan fingerprint density at radius 2 is 0.652 bits per heavy atom. The van der Waals surface area contributed by atoms with E-state index in [1.54, 1.807) is 30.9 Å². The number of nitro benzene ring substituents is 1. The molecule has 16 rings (SSSR count). The Bertz CT molecular complexity index is 5550. The number of aldehydes is 4. The quantitative estimate of drug-likeness (QED) is 0.0183. The first-order chi connectivity index (χ1) is 57.1. The molecule has 115 heavy (non-hydrogen) atoms. The van der Waals surface area contributed by atoms with E-state index < -0.39 is 25.0 Å². The minimum Gasteiger partial charge on any atom is -0.303 e. The molecule has 8 aromatic carbocycles. The number of carbonyl (C=O) groups excluding carboxylic acids is 4. The Balaban J connectivity index is 0.000000137. The molecule has 7 atom stereocenters. The third-order valence-corrected chi connectivity index (χ3v) is 23.4. The van der Waals surface area contributed by atoms with Crippen LogP contribution in [0, 0.1) is 75.0 Å². The average Bonchev–Trinajstić information content (AvgIpc) is 1.62. The number of halogens is 1. The Hall–Kier alpha value is -11.8. The number of rotatable bonds is 29. The second-order valence-electron chi connectivity index (χ2n) is 31.5. The number of non-ortho nitro benzene ring substituents is 1. The summed E-state index contributed by atoms with van der Waals surface area (Å²) >= 11 is 6.34. The van der Waals surface area contributed by atoms with Gasteiger partial charge in [-0.3, -0.25) is 28.8 Å². The van der Waals surface area contributed by atoms with Gasteiger partial charge in [0.1, 0.15) is 30.5 Å². The van der Waals surface area contributed by atoms with E-state index in [2.05, 4.69) is 165 Å². The first kappa shape index (κ1) is 75.8. The Kier molecular flexibility index (Phi) is 24.4. The van der Waals surface area contributed by atoms with E-state index in [9.17, 15) is 29.3 Å². The summed E-state index contributed by atoms with van der Waals surface area (Å²) in [7, 11) is 7.40. The zero-order valence-electron chi connectivity index (χ0n) is 70.7. The van der Waals surface area contributed by atoms with Crippen molar-refractivity contribution in [3.8, 4) is 44.5 Å². The molecule has 0 N–H and O–H groups in total. The summed E-state index contributed by atoms with van der Waals surface area (Å²) in [4.78, 5) is 62.0. The summed E-state index contributed by atoms with van der Waals surface area (Å²) in [5.74, 6) is 0.163. The smallest absolute Gasteiger partial charge is 0.269 e. The summed E-state index contributed by atoms with van der Waals surface area (Å²) < 4.78 is 37.3. The Labute approximate surface area is 683 Å². The second-order valence-corrected chi connectivity index (χ2v) is 32.0. The third kappa shape index (κ3) is 18.7. The first-order valence-electron chi connectivity index (χ1n) is 41.7. The van der Waals surface area contributed by atoms with Crippen molar-refractivity contribution in [2.45, 2.75) is 161 Å². The molecule has 7 unspecified atom stereocenters. The van der Waals surface area contributed by atoms with Gasteiger partial charge in [-0.1, -0.05) is 176 Å². The highest BCUT2D eigenvalue weighted by Gasteiger charge is 2.39. The summed E-state index contributed by atoms with van der Waals surface area (Å²) in [5.41, 5.74) is 28.9. The molecule has 21 heteroatoms. The van der Waals surface area contributed by atoms with Crippen molar-refractivity contribution in [1.29, 1.82) is 0 Å². The van der Waals surface area contributed by atoms with Gasteiger partial charge in [0.2, 0.25) is 0 Å². The molecule has 4 aromatic heterocycles. The van der Waals surface area contributed by atoms with Crippen LogP contribution in [0.5, 0.6) is 0 Å². The predicted molar refractivity (Wildman–Crippen MR) is 449 cm³/mol. The number of carbonyl (C=O) groups is 4. The lowest BCUT2D eigenvalue weighted by atomic mass is 9.79. The van der Waals surface area contributed by atoms with Crippen LogP contribution >= 0.6 is 11.6 Å². The van der Waals surface area contributed by atoms with E-state index in [0.717, 1.165) is 132 Å². The highest BCUT2D eigenvalue weighted by molar-refractivity contribution is 6.30. The monoisotopic (exact) mass is 1560 g/mol. The lowest BCUT2D eigenvalue weighted by Gasteiger charge is -2.24. The second kappa shape index (κ2) is 37.0. The van der Waals surface area contributed by atoms with Gasteiger partial charge in [0.15, 0.2) is 5.69 Å². The predicted octanol–water partition coefficient (Wildman–Crippen LogP) is 19.3. The van der Waals surface area contributed by atoms with E-state index in [1.807, 2.05) is 96.3 Å². The molecule has 0 saturated carbocycles. The molecule has 4 aliphatic rings. The molecule has 20 nitrogen and oxygen atoms in total. The first-order valence-corrected chi connectivity index (χ1v) is 40.0. The van der Waals surface area contributed by atoms with Gasteiger partial charge in [-0.2, -0.15) is 0 Å². The van der Waals surface area contributed by atoms with E-state index in [-0.39, 0.29) is 83.6 Å². The lowest BCUT2D eigenvalue weighted by molar-refractivity contribution is -0.384. The largest absolute Gasteiger partial charge is 0.303 e. The van der Waals surface area contributed by atoms with Crippen molar-refractivity contribution in [1.82, 2.24) is 60.0 Å². The molecule has 0 amide bonds. The fourth-order valence-electron chi connectivity index (χ4n) is 18.1. The molecule has 0 radical (unpaired) electrons. The summed E-state index contributed by atoms with van der Waals surface area (Å²) in [6.45, 7) is 17.8. The molecule has 0 bridgehead atoms. The van der Waals surface area contributed by atoms with E-state index in [4.69, 9.17) is 23.7 Å². The number of aromatic nitrogens is 12. The summed E-state index contributed by atoms with van der Waals surface area (Å²) in [6.07, 6.45) is 16.2. The van der Waals surface area contributed by atoms with Crippen LogP contribution in [0.2, 0.25) is 5.02 Å². The zero-order valence-corrected chi connectivity index (χ0v) is 67.4. The third-order valence-electron chi connectivity index (χ3n) is 23.2. The number of hydrogen-bond acceptors (Lipinski definition) is 14. The van der Waals surface area contributed by atoms with Gasteiger partial charge in [0.05, 0.1) is 34.3 Å². The fourth-order valence-corrected chi connectivity index (χ4v) is 18.3. The number of nitrogens with zero attached hydrogens (tertiary/aromatic N) is 14. The van der Waals surface area contributed by atoms with E-state index >= 15 is 0 Å². The SMILES string of the molecule is [2H]C(=O)CC(CCCc1cn(C)nn1)C1c2cc(C)ccc2-c2ccc(C)cc21.[2H]C(=O)CC(CCCc1cn(C)nn1)C1c2cc(C)ccc2-c2ccc(Cl)cc21.[2H]C(=O)CC(CCCc1cn(C)nn1)C1c2cc(C)ccc2-c2ccc([N+]#[C-])cc21.[2H]C(=O)CC(CCCc1cn(C)nn1)C1c2cc(C)ccc2-c2ccc([N+](=O)[O-])cc21. The highest BCUT2D eigenvalue weighted by Crippen LogP contribution is 2.55. The topological polar surface area (TPSA) is 239 Å². The molecular weight excluding hydrogens is 1460 g/mol. The van der Waals surface area contributed by atoms with Crippen LogP contribution < -0.4 is 0 Å². The maximum atomic E-state index is 11.9.